The van der Waals surface area contributed by atoms with Crippen molar-refractivity contribution in [1.29, 1.82) is 0 Å². The molecule has 1 aromatic carbocycles. The van der Waals surface area contributed by atoms with Gasteiger partial charge in [-0.25, -0.2) is 4.79 Å². The van der Waals surface area contributed by atoms with Gasteiger partial charge in [0.05, 0.1) is 13.2 Å². The third-order valence-corrected chi connectivity index (χ3v) is 5.34. The fraction of sp³-hybridized carbons (Fsp3) is 0.520. The highest BCUT2D eigenvalue weighted by atomic mass is 16.6. The van der Waals surface area contributed by atoms with E-state index >= 15 is 0 Å². The number of ether oxygens (including phenoxy) is 2. The van der Waals surface area contributed by atoms with Crippen LogP contribution in [0.3, 0.4) is 0 Å². The summed E-state index contributed by atoms with van der Waals surface area (Å²) < 4.78 is 10.4. The van der Waals surface area contributed by atoms with Crippen molar-refractivity contribution in [3.8, 4) is 5.75 Å². The number of hydrogen-bond acceptors (Lipinski definition) is 6. The minimum Gasteiger partial charge on any atom is -0.493 e. The smallest absolute Gasteiger partial charge is 0.369 e. The zero-order chi connectivity index (χ0) is 22.5. The molecule has 1 unspecified atom stereocenters. The van der Waals surface area contributed by atoms with Crippen molar-refractivity contribution < 1.29 is 29.6 Å². The lowest BCUT2D eigenvalue weighted by Gasteiger charge is -2.22. The second kappa shape index (κ2) is 13.1. The molecule has 0 aliphatic heterocycles. The Hall–Kier alpha value is -2.37. The molecule has 31 heavy (non-hydrogen) atoms. The van der Waals surface area contributed by atoms with E-state index in [0.717, 1.165) is 37.5 Å². The van der Waals surface area contributed by atoms with Crippen molar-refractivity contribution in [3.05, 3.63) is 60.4 Å². The van der Waals surface area contributed by atoms with E-state index in [-0.39, 0.29) is 6.61 Å². The van der Waals surface area contributed by atoms with Crippen molar-refractivity contribution >= 4 is 5.97 Å². The molecule has 0 amide bonds. The average molecular weight is 431 g/mol. The first-order valence-corrected chi connectivity index (χ1v) is 11.0. The number of aliphatic hydroxyl groups excluding tert-OH is 1. The van der Waals surface area contributed by atoms with Crippen LogP contribution in [0, 0.1) is 11.8 Å². The van der Waals surface area contributed by atoms with E-state index < -0.39 is 17.9 Å². The molecule has 0 bridgehead atoms. The van der Waals surface area contributed by atoms with Crippen LogP contribution < -0.4 is 4.74 Å². The summed E-state index contributed by atoms with van der Waals surface area (Å²) in [6.07, 6.45) is 11.1. The fourth-order valence-electron chi connectivity index (χ4n) is 3.56. The molecule has 170 valence electrons. The van der Waals surface area contributed by atoms with E-state index in [2.05, 4.69) is 22.6 Å². The molecule has 6 nitrogen and oxygen atoms in total. The Balaban J connectivity index is 1.76. The molecular weight excluding hydrogens is 396 g/mol. The maximum absolute atomic E-state index is 11.6. The number of carbonyl (C=O) groups excluding carboxylic acids is 1. The first kappa shape index (κ1) is 24.9. The Bertz CT molecular complexity index is 749. The van der Waals surface area contributed by atoms with E-state index in [1.165, 1.54) is 6.42 Å². The fourth-order valence-corrected chi connectivity index (χ4v) is 3.56. The minimum absolute atomic E-state index is 0.0585. The predicted octanol–water partition coefficient (Wildman–Crippen LogP) is 3.52. The summed E-state index contributed by atoms with van der Waals surface area (Å²) in [6, 6.07) is 9.75. The lowest BCUT2D eigenvalue weighted by Crippen LogP contribution is -2.49. The van der Waals surface area contributed by atoms with Crippen molar-refractivity contribution in [2.24, 2.45) is 11.8 Å². The molecule has 1 aliphatic carbocycles. The number of benzene rings is 1. The molecule has 6 heteroatoms. The SMILES string of the molecule is CCCOC(=O)C(O)(O)C(O)C=C=CC[C@H]1CCC[C@@H]1/C=C/CCOc1ccccc1. The number of para-hydroxylation sites is 1. The number of allylic oxidation sites excluding steroid dienone is 1. The normalized spacial score (nSPS) is 19.6. The van der Waals surface area contributed by atoms with Crippen molar-refractivity contribution in [3.63, 3.8) is 0 Å². The molecule has 1 fully saturated rings. The first-order valence-electron chi connectivity index (χ1n) is 11.0. The van der Waals surface area contributed by atoms with Crippen LogP contribution in [0.25, 0.3) is 0 Å². The maximum Gasteiger partial charge on any atom is 0.369 e. The number of hydrogen-bond donors (Lipinski definition) is 3. The topological polar surface area (TPSA) is 96.2 Å². The summed E-state index contributed by atoms with van der Waals surface area (Å²) in [4.78, 5) is 11.6. The van der Waals surface area contributed by atoms with Crippen LogP contribution in [0.2, 0.25) is 0 Å². The van der Waals surface area contributed by atoms with Gasteiger partial charge in [-0.1, -0.05) is 43.7 Å². The first-order chi connectivity index (χ1) is 14.9. The van der Waals surface area contributed by atoms with Gasteiger partial charge >= 0.3 is 5.97 Å². The number of carbonyl (C=O) groups is 1. The van der Waals surface area contributed by atoms with Crippen LogP contribution >= 0.6 is 0 Å². The van der Waals surface area contributed by atoms with Gasteiger partial charge in [0.15, 0.2) is 0 Å². The van der Waals surface area contributed by atoms with Gasteiger partial charge in [-0.05, 0) is 68.2 Å². The van der Waals surface area contributed by atoms with Gasteiger partial charge in [0.25, 0.3) is 5.79 Å². The van der Waals surface area contributed by atoms with Gasteiger partial charge in [-0.15, -0.1) is 5.73 Å². The van der Waals surface area contributed by atoms with Gasteiger partial charge < -0.3 is 24.8 Å². The second-order valence-electron chi connectivity index (χ2n) is 7.81. The average Bonchev–Trinajstić information content (AvgIpc) is 3.22. The van der Waals surface area contributed by atoms with Crippen LogP contribution in [0.15, 0.2) is 60.4 Å². The van der Waals surface area contributed by atoms with E-state index in [9.17, 15) is 20.1 Å². The van der Waals surface area contributed by atoms with Crippen molar-refractivity contribution in [2.45, 2.75) is 57.3 Å². The van der Waals surface area contributed by atoms with Crippen LogP contribution in [0.1, 0.15) is 45.4 Å². The molecule has 2 rings (SSSR count). The van der Waals surface area contributed by atoms with Crippen LogP contribution in [0.5, 0.6) is 5.75 Å². The minimum atomic E-state index is -2.98. The third kappa shape index (κ3) is 8.35. The number of aliphatic hydroxyl groups is 3. The molecule has 3 atom stereocenters. The van der Waals surface area contributed by atoms with E-state index in [0.29, 0.717) is 24.9 Å². The second-order valence-corrected chi connectivity index (χ2v) is 7.81. The molecule has 0 aromatic heterocycles. The monoisotopic (exact) mass is 430 g/mol. The summed E-state index contributed by atoms with van der Waals surface area (Å²) in [6.45, 7) is 2.49. The van der Waals surface area contributed by atoms with E-state index in [1.807, 2.05) is 30.3 Å². The Morgan fingerprint density at radius 1 is 1.26 bits per heavy atom. The molecule has 1 aromatic rings. The van der Waals surface area contributed by atoms with E-state index in [1.54, 1.807) is 13.0 Å². The molecule has 3 N–H and O–H groups in total. The van der Waals surface area contributed by atoms with Crippen LogP contribution in [-0.4, -0.2) is 46.4 Å². The Labute approximate surface area is 184 Å². The Kier molecular flexibility index (Phi) is 10.5. The van der Waals surface area contributed by atoms with Gasteiger partial charge in [0.2, 0.25) is 0 Å². The highest BCUT2D eigenvalue weighted by molar-refractivity contribution is 5.78. The van der Waals surface area contributed by atoms with Gasteiger partial charge in [-0.2, -0.15) is 0 Å². The number of rotatable bonds is 12. The summed E-state index contributed by atoms with van der Waals surface area (Å²) in [5.74, 6) is -2.40. The third-order valence-electron chi connectivity index (χ3n) is 5.34. The standard InChI is InChI=1S/C25H34O6/c1-2-18-31-24(27)25(28,29)23(26)17-7-6-11-20-13-10-14-21(20)12-8-9-19-30-22-15-4-3-5-16-22/h3-6,8,12,15-17,20-21,23,26,28-29H,2,9-11,13-14,18-19H2,1H3/b12-8+/t7?,20-,21-,23?/m0/s1. The zero-order valence-electron chi connectivity index (χ0n) is 18.2. The summed E-state index contributed by atoms with van der Waals surface area (Å²) in [5.41, 5.74) is 2.77. The van der Waals surface area contributed by atoms with Crippen LogP contribution in [0.4, 0.5) is 0 Å². The summed E-state index contributed by atoms with van der Waals surface area (Å²) in [5, 5.41) is 29.4. The Morgan fingerprint density at radius 2 is 2.03 bits per heavy atom. The highest BCUT2D eigenvalue weighted by Crippen LogP contribution is 2.35. The predicted molar refractivity (Wildman–Crippen MR) is 118 cm³/mol. The number of esters is 1. The largest absolute Gasteiger partial charge is 0.493 e. The van der Waals surface area contributed by atoms with Crippen molar-refractivity contribution in [1.82, 2.24) is 0 Å². The van der Waals surface area contributed by atoms with E-state index in [4.69, 9.17) is 4.74 Å². The van der Waals surface area contributed by atoms with Crippen LogP contribution in [-0.2, 0) is 9.53 Å². The molecule has 0 saturated heterocycles. The lowest BCUT2D eigenvalue weighted by atomic mass is 9.92. The summed E-state index contributed by atoms with van der Waals surface area (Å²) in [7, 11) is 0. The molecule has 0 spiro atoms. The molecule has 0 radical (unpaired) electrons. The maximum atomic E-state index is 11.6. The Morgan fingerprint density at radius 3 is 2.77 bits per heavy atom. The van der Waals surface area contributed by atoms with Crippen molar-refractivity contribution in [2.75, 3.05) is 13.2 Å². The summed E-state index contributed by atoms with van der Waals surface area (Å²) >= 11 is 0. The lowest BCUT2D eigenvalue weighted by molar-refractivity contribution is -0.232. The van der Waals surface area contributed by atoms with Gasteiger partial charge in [-0.3, -0.25) is 0 Å². The molecular formula is C25H34O6. The molecule has 1 aliphatic rings. The van der Waals surface area contributed by atoms with Gasteiger partial charge in [0.1, 0.15) is 11.9 Å². The zero-order valence-corrected chi connectivity index (χ0v) is 18.2. The molecule has 1 saturated carbocycles. The van der Waals surface area contributed by atoms with Gasteiger partial charge in [0, 0.05) is 0 Å². The highest BCUT2D eigenvalue weighted by Gasteiger charge is 2.42. The molecule has 0 heterocycles. The quantitative estimate of drug-likeness (QED) is 0.154.